The minimum Gasteiger partial charge on any atom is -0.481 e. The van der Waals surface area contributed by atoms with Gasteiger partial charge in [0.1, 0.15) is 0 Å². The number of rotatable bonds is 6. The number of amides is 1. The van der Waals surface area contributed by atoms with E-state index in [1.807, 2.05) is 0 Å². The number of carboxylic acid groups (broad SMARTS) is 1. The number of aromatic nitrogens is 3. The molecule has 1 amide bonds. The van der Waals surface area contributed by atoms with E-state index < -0.39 is 29.0 Å². The van der Waals surface area contributed by atoms with Crippen LogP contribution in [0.1, 0.15) is 36.3 Å². The Kier molecular flexibility index (Phi) is 5.33. The average Bonchev–Trinajstić information content (AvgIpc) is 3.04. The molecule has 0 radical (unpaired) electrons. The molecule has 10 heteroatoms. The summed E-state index contributed by atoms with van der Waals surface area (Å²) in [6.07, 6.45) is -3.09. The maximum absolute atomic E-state index is 12.8. The lowest BCUT2D eigenvalue weighted by atomic mass is 9.90. The van der Waals surface area contributed by atoms with Gasteiger partial charge in [0, 0.05) is 6.54 Å². The molecule has 0 saturated carbocycles. The Labute approximate surface area is 146 Å². The molecule has 0 unspecified atom stereocenters. The van der Waals surface area contributed by atoms with Gasteiger partial charge >= 0.3 is 12.1 Å². The molecule has 140 valence electrons. The van der Waals surface area contributed by atoms with Crippen molar-refractivity contribution < 1.29 is 27.9 Å². The number of carbonyl (C=O) groups is 2. The predicted octanol–water partition coefficient (Wildman–Crippen LogP) is 2.52. The maximum Gasteiger partial charge on any atom is 0.416 e. The summed E-state index contributed by atoms with van der Waals surface area (Å²) in [5, 5.41) is 18.8. The molecular formula is C16H17F3N4O3. The lowest BCUT2D eigenvalue weighted by Gasteiger charge is -2.18. The summed E-state index contributed by atoms with van der Waals surface area (Å²) < 4.78 is 39.3. The lowest BCUT2D eigenvalue weighted by Crippen LogP contribution is -2.32. The van der Waals surface area contributed by atoms with E-state index in [1.54, 1.807) is 0 Å². The number of benzene rings is 1. The standard InChI is InChI=1S/C16H17F3N4O3/c1-15(2,14(25)26)6-7-20-13(24)12-9-23(22-21-12)11-5-3-4-10(8-11)16(17,18)19/h3-5,8-9H,6-7H2,1-2H3,(H,20,24)(H,25,26). The van der Waals surface area contributed by atoms with Gasteiger partial charge in [0.25, 0.3) is 5.91 Å². The number of carboxylic acids is 1. The van der Waals surface area contributed by atoms with Crippen molar-refractivity contribution in [2.24, 2.45) is 5.41 Å². The zero-order valence-electron chi connectivity index (χ0n) is 14.0. The van der Waals surface area contributed by atoms with Gasteiger partial charge in [-0.05, 0) is 38.5 Å². The van der Waals surface area contributed by atoms with Crippen molar-refractivity contribution in [3.8, 4) is 5.69 Å². The molecule has 0 spiro atoms. The molecule has 0 aliphatic heterocycles. The first-order chi connectivity index (χ1) is 12.0. The third kappa shape index (κ3) is 4.58. The Balaban J connectivity index is 2.06. The monoisotopic (exact) mass is 370 g/mol. The molecule has 26 heavy (non-hydrogen) atoms. The molecule has 0 fully saturated rings. The quantitative estimate of drug-likeness (QED) is 0.814. The second kappa shape index (κ2) is 7.14. The third-order valence-electron chi connectivity index (χ3n) is 3.78. The van der Waals surface area contributed by atoms with Crippen LogP contribution in [0, 0.1) is 5.41 Å². The van der Waals surface area contributed by atoms with Gasteiger partial charge in [-0.3, -0.25) is 9.59 Å². The van der Waals surface area contributed by atoms with Crippen LogP contribution in [0.25, 0.3) is 5.69 Å². The van der Waals surface area contributed by atoms with Crippen LogP contribution in [0.5, 0.6) is 0 Å². The van der Waals surface area contributed by atoms with Gasteiger partial charge in [-0.2, -0.15) is 13.2 Å². The van der Waals surface area contributed by atoms with E-state index in [1.165, 1.54) is 32.2 Å². The lowest BCUT2D eigenvalue weighted by molar-refractivity contribution is -0.147. The Hall–Kier alpha value is -2.91. The molecule has 0 aliphatic rings. The SMILES string of the molecule is CC(C)(CCNC(=O)c1cn(-c2cccc(C(F)(F)F)c2)nn1)C(=O)O. The van der Waals surface area contributed by atoms with Gasteiger partial charge in [-0.1, -0.05) is 11.3 Å². The summed E-state index contributed by atoms with van der Waals surface area (Å²) >= 11 is 0. The number of nitrogens with zero attached hydrogens (tertiary/aromatic N) is 3. The Bertz CT molecular complexity index is 815. The number of hydrogen-bond acceptors (Lipinski definition) is 4. The van der Waals surface area contributed by atoms with E-state index >= 15 is 0 Å². The van der Waals surface area contributed by atoms with Crippen molar-refractivity contribution in [3.63, 3.8) is 0 Å². The van der Waals surface area contributed by atoms with E-state index in [9.17, 15) is 22.8 Å². The van der Waals surface area contributed by atoms with E-state index in [-0.39, 0.29) is 24.3 Å². The van der Waals surface area contributed by atoms with Crippen LogP contribution >= 0.6 is 0 Å². The van der Waals surface area contributed by atoms with Crippen molar-refractivity contribution in [2.45, 2.75) is 26.4 Å². The minimum atomic E-state index is -4.49. The van der Waals surface area contributed by atoms with Crippen molar-refractivity contribution in [3.05, 3.63) is 41.7 Å². The van der Waals surface area contributed by atoms with Crippen LogP contribution in [0.15, 0.2) is 30.5 Å². The Morgan fingerprint density at radius 3 is 2.58 bits per heavy atom. The van der Waals surface area contributed by atoms with Crippen LogP contribution < -0.4 is 5.32 Å². The average molecular weight is 370 g/mol. The maximum atomic E-state index is 12.8. The molecule has 1 aromatic carbocycles. The molecule has 2 aromatic rings. The van der Waals surface area contributed by atoms with E-state index in [0.717, 1.165) is 16.8 Å². The van der Waals surface area contributed by atoms with Gasteiger partial charge < -0.3 is 10.4 Å². The highest BCUT2D eigenvalue weighted by Gasteiger charge is 2.30. The summed E-state index contributed by atoms with van der Waals surface area (Å²) in [7, 11) is 0. The number of carbonyl (C=O) groups excluding carboxylic acids is 1. The van der Waals surface area contributed by atoms with Crippen molar-refractivity contribution in [2.75, 3.05) is 6.54 Å². The zero-order chi connectivity index (χ0) is 19.5. The van der Waals surface area contributed by atoms with E-state index in [2.05, 4.69) is 15.6 Å². The first kappa shape index (κ1) is 19.4. The number of hydrogen-bond donors (Lipinski definition) is 2. The highest BCUT2D eigenvalue weighted by molar-refractivity contribution is 5.91. The summed E-state index contributed by atoms with van der Waals surface area (Å²) in [5.74, 6) is -1.58. The van der Waals surface area contributed by atoms with Gasteiger partial charge in [0.15, 0.2) is 5.69 Å². The summed E-state index contributed by atoms with van der Waals surface area (Å²) in [6.45, 7) is 3.17. The molecular weight excluding hydrogens is 353 g/mol. The van der Waals surface area contributed by atoms with Crippen molar-refractivity contribution in [1.82, 2.24) is 20.3 Å². The number of nitrogens with one attached hydrogen (secondary N) is 1. The number of halogens is 3. The zero-order valence-corrected chi connectivity index (χ0v) is 14.0. The molecule has 0 atom stereocenters. The highest BCUT2D eigenvalue weighted by atomic mass is 19.4. The number of alkyl halides is 3. The van der Waals surface area contributed by atoms with Crippen LogP contribution in [0.2, 0.25) is 0 Å². The van der Waals surface area contributed by atoms with E-state index in [0.29, 0.717) is 0 Å². The minimum absolute atomic E-state index is 0.0875. The number of aliphatic carboxylic acids is 1. The fourth-order valence-corrected chi connectivity index (χ4v) is 2.00. The second-order valence-electron chi connectivity index (χ2n) is 6.29. The smallest absolute Gasteiger partial charge is 0.416 e. The van der Waals surface area contributed by atoms with Crippen LogP contribution in [0.4, 0.5) is 13.2 Å². The molecule has 1 aromatic heterocycles. The summed E-state index contributed by atoms with van der Waals surface area (Å²) in [5.41, 5.74) is -1.82. The molecule has 2 rings (SSSR count). The Morgan fingerprint density at radius 1 is 1.27 bits per heavy atom. The molecule has 1 heterocycles. The summed E-state index contributed by atoms with van der Waals surface area (Å²) in [6, 6.07) is 4.46. The van der Waals surface area contributed by atoms with E-state index in [4.69, 9.17) is 5.11 Å². The molecule has 0 aliphatic carbocycles. The fourth-order valence-electron chi connectivity index (χ4n) is 2.00. The summed E-state index contributed by atoms with van der Waals surface area (Å²) in [4.78, 5) is 23.0. The van der Waals surface area contributed by atoms with Gasteiger partial charge in [-0.25, -0.2) is 4.68 Å². The largest absolute Gasteiger partial charge is 0.481 e. The van der Waals surface area contributed by atoms with Gasteiger partial charge in [-0.15, -0.1) is 5.10 Å². The molecule has 0 bridgehead atoms. The van der Waals surface area contributed by atoms with Gasteiger partial charge in [0.05, 0.1) is 22.9 Å². The van der Waals surface area contributed by atoms with Crippen molar-refractivity contribution in [1.29, 1.82) is 0 Å². The first-order valence-electron chi connectivity index (χ1n) is 7.62. The fraction of sp³-hybridized carbons (Fsp3) is 0.375. The first-order valence-corrected chi connectivity index (χ1v) is 7.62. The molecule has 2 N–H and O–H groups in total. The molecule has 7 nitrogen and oxygen atoms in total. The highest BCUT2D eigenvalue weighted by Crippen LogP contribution is 2.30. The topological polar surface area (TPSA) is 97.1 Å². The van der Waals surface area contributed by atoms with Gasteiger partial charge in [0.2, 0.25) is 0 Å². The van der Waals surface area contributed by atoms with Crippen LogP contribution in [-0.2, 0) is 11.0 Å². The van der Waals surface area contributed by atoms with Crippen molar-refractivity contribution >= 4 is 11.9 Å². The second-order valence-corrected chi connectivity index (χ2v) is 6.29. The third-order valence-corrected chi connectivity index (χ3v) is 3.78. The Morgan fingerprint density at radius 2 is 1.96 bits per heavy atom. The normalized spacial score (nSPS) is 12.0. The molecule has 0 saturated heterocycles. The predicted molar refractivity (Wildman–Crippen MR) is 84.7 cm³/mol. The van der Waals surface area contributed by atoms with Crippen LogP contribution in [-0.4, -0.2) is 38.5 Å². The van der Waals surface area contributed by atoms with Crippen LogP contribution in [0.3, 0.4) is 0 Å².